The van der Waals surface area contributed by atoms with Crippen molar-refractivity contribution in [3.05, 3.63) is 0 Å². The van der Waals surface area contributed by atoms with Crippen LogP contribution in [0.5, 0.6) is 0 Å². The quantitative estimate of drug-likeness (QED) is 0.765. The van der Waals surface area contributed by atoms with Crippen molar-refractivity contribution < 1.29 is 8.42 Å². The van der Waals surface area contributed by atoms with Crippen LogP contribution in [0.25, 0.3) is 0 Å². The molecule has 0 aromatic carbocycles. The Bertz CT molecular complexity index is 356. The number of nitrogens with zero attached hydrogens (tertiary/aromatic N) is 1. The average Bonchev–Trinajstić information content (AvgIpc) is 2.55. The number of fused-ring (bicyclic) bond motifs is 2. The van der Waals surface area contributed by atoms with Gasteiger partial charge in [0.25, 0.3) is 10.2 Å². The van der Waals surface area contributed by atoms with Gasteiger partial charge in [-0.3, -0.25) is 0 Å². The summed E-state index contributed by atoms with van der Waals surface area (Å²) in [6, 6.07) is 0.864. The highest BCUT2D eigenvalue weighted by Gasteiger charge is 2.33. The molecule has 0 aromatic heterocycles. The molecule has 2 N–H and O–H groups in total. The van der Waals surface area contributed by atoms with Crippen molar-refractivity contribution in [1.82, 2.24) is 14.3 Å². The summed E-state index contributed by atoms with van der Waals surface area (Å²) in [6.07, 6.45) is 3.22. The summed E-state index contributed by atoms with van der Waals surface area (Å²) in [4.78, 5) is 0. The van der Waals surface area contributed by atoms with Crippen LogP contribution in [0.3, 0.4) is 0 Å². The molecule has 2 atom stereocenters. The van der Waals surface area contributed by atoms with Gasteiger partial charge in [0.1, 0.15) is 0 Å². The van der Waals surface area contributed by atoms with Gasteiger partial charge in [0.2, 0.25) is 0 Å². The molecule has 0 saturated carbocycles. The topological polar surface area (TPSA) is 61.4 Å². The Balaban J connectivity index is 1.96. The molecular formula is C11H23N3O2S. The highest BCUT2D eigenvalue weighted by atomic mass is 32.2. The third-order valence-electron chi connectivity index (χ3n) is 3.50. The van der Waals surface area contributed by atoms with E-state index in [1.807, 2.05) is 13.8 Å². The maximum absolute atomic E-state index is 12.1. The van der Waals surface area contributed by atoms with Crippen LogP contribution in [-0.4, -0.2) is 44.4 Å². The second kappa shape index (κ2) is 5.22. The van der Waals surface area contributed by atoms with Gasteiger partial charge in [-0.25, -0.2) is 4.72 Å². The minimum absolute atomic E-state index is 0.339. The SMILES string of the molecule is CC(C)CNS(=O)(=O)N1CCC2CCC(C1)N2. The van der Waals surface area contributed by atoms with E-state index in [1.165, 1.54) is 6.42 Å². The monoisotopic (exact) mass is 261 g/mol. The highest BCUT2D eigenvalue weighted by Crippen LogP contribution is 2.21. The Hall–Kier alpha value is -0.170. The molecule has 5 nitrogen and oxygen atoms in total. The lowest BCUT2D eigenvalue weighted by Gasteiger charge is -2.24. The van der Waals surface area contributed by atoms with Gasteiger partial charge in [-0.05, 0) is 25.2 Å². The normalized spacial score (nSPS) is 30.8. The second-order valence-electron chi connectivity index (χ2n) is 5.53. The second-order valence-corrected chi connectivity index (χ2v) is 7.29. The van der Waals surface area contributed by atoms with E-state index in [0.717, 1.165) is 12.8 Å². The van der Waals surface area contributed by atoms with Gasteiger partial charge in [0, 0.05) is 31.7 Å². The molecule has 2 heterocycles. The molecule has 2 aliphatic rings. The van der Waals surface area contributed by atoms with Crippen LogP contribution in [0.4, 0.5) is 0 Å². The molecule has 2 rings (SSSR count). The fourth-order valence-electron chi connectivity index (χ4n) is 2.49. The first-order chi connectivity index (χ1) is 7.97. The summed E-state index contributed by atoms with van der Waals surface area (Å²) < 4.78 is 28.5. The van der Waals surface area contributed by atoms with Crippen LogP contribution in [0.2, 0.25) is 0 Å². The van der Waals surface area contributed by atoms with Gasteiger partial charge in [-0.15, -0.1) is 0 Å². The predicted molar refractivity (Wildman–Crippen MR) is 67.9 cm³/mol. The molecule has 0 spiro atoms. The van der Waals surface area contributed by atoms with E-state index >= 15 is 0 Å². The number of hydrogen-bond acceptors (Lipinski definition) is 3. The lowest BCUT2D eigenvalue weighted by atomic mass is 10.1. The largest absolute Gasteiger partial charge is 0.310 e. The molecule has 2 bridgehead atoms. The lowest BCUT2D eigenvalue weighted by molar-refractivity contribution is 0.375. The van der Waals surface area contributed by atoms with Crippen molar-refractivity contribution in [3.63, 3.8) is 0 Å². The summed E-state index contributed by atoms with van der Waals surface area (Å²) >= 11 is 0. The molecule has 0 aromatic rings. The molecule has 0 radical (unpaired) electrons. The van der Waals surface area contributed by atoms with Gasteiger partial charge < -0.3 is 5.32 Å². The smallest absolute Gasteiger partial charge is 0.279 e. The van der Waals surface area contributed by atoms with Crippen molar-refractivity contribution in [3.8, 4) is 0 Å². The minimum Gasteiger partial charge on any atom is -0.310 e. The summed E-state index contributed by atoms with van der Waals surface area (Å²) in [5.74, 6) is 0.339. The fraction of sp³-hybridized carbons (Fsp3) is 1.00. The predicted octanol–water partition coefficient (Wildman–Crippen LogP) is 0.303. The first kappa shape index (κ1) is 13.3. The van der Waals surface area contributed by atoms with Crippen LogP contribution >= 0.6 is 0 Å². The molecule has 17 heavy (non-hydrogen) atoms. The van der Waals surface area contributed by atoms with E-state index in [4.69, 9.17) is 0 Å². The van der Waals surface area contributed by atoms with Crippen LogP contribution in [-0.2, 0) is 10.2 Å². The molecular weight excluding hydrogens is 238 g/mol. The van der Waals surface area contributed by atoms with E-state index < -0.39 is 10.2 Å². The fourth-order valence-corrected chi connectivity index (χ4v) is 3.94. The zero-order valence-corrected chi connectivity index (χ0v) is 11.5. The Morgan fingerprint density at radius 2 is 2.00 bits per heavy atom. The Morgan fingerprint density at radius 1 is 1.29 bits per heavy atom. The molecule has 2 fully saturated rings. The van der Waals surface area contributed by atoms with Gasteiger partial charge in [0.05, 0.1) is 0 Å². The molecule has 6 heteroatoms. The summed E-state index contributed by atoms with van der Waals surface area (Å²) in [5.41, 5.74) is 0. The number of nitrogens with one attached hydrogen (secondary N) is 2. The third-order valence-corrected chi connectivity index (χ3v) is 5.04. The van der Waals surface area contributed by atoms with Crippen molar-refractivity contribution in [1.29, 1.82) is 0 Å². The Morgan fingerprint density at radius 3 is 2.71 bits per heavy atom. The van der Waals surface area contributed by atoms with Crippen LogP contribution in [0.15, 0.2) is 0 Å². The Labute approximate surface area is 104 Å². The van der Waals surface area contributed by atoms with Crippen molar-refractivity contribution in [2.75, 3.05) is 19.6 Å². The van der Waals surface area contributed by atoms with E-state index in [2.05, 4.69) is 10.0 Å². The Kier molecular flexibility index (Phi) is 4.07. The van der Waals surface area contributed by atoms with Crippen molar-refractivity contribution in [2.45, 2.75) is 45.2 Å². The summed E-state index contributed by atoms with van der Waals surface area (Å²) in [6.45, 7) is 5.79. The maximum Gasteiger partial charge on any atom is 0.279 e. The molecule has 2 saturated heterocycles. The number of hydrogen-bond donors (Lipinski definition) is 2. The molecule has 2 aliphatic heterocycles. The van der Waals surface area contributed by atoms with E-state index in [9.17, 15) is 8.42 Å². The first-order valence-electron chi connectivity index (χ1n) is 6.48. The zero-order chi connectivity index (χ0) is 12.5. The van der Waals surface area contributed by atoms with Gasteiger partial charge in [-0.2, -0.15) is 12.7 Å². The first-order valence-corrected chi connectivity index (χ1v) is 7.92. The third kappa shape index (κ3) is 3.40. The minimum atomic E-state index is -3.28. The summed E-state index contributed by atoms with van der Waals surface area (Å²) in [7, 11) is -3.28. The van der Waals surface area contributed by atoms with E-state index in [0.29, 0.717) is 37.6 Å². The maximum atomic E-state index is 12.1. The van der Waals surface area contributed by atoms with E-state index in [1.54, 1.807) is 4.31 Å². The van der Waals surface area contributed by atoms with Crippen LogP contribution in [0.1, 0.15) is 33.1 Å². The molecule has 0 aliphatic carbocycles. The molecule has 2 unspecified atom stereocenters. The van der Waals surface area contributed by atoms with Crippen molar-refractivity contribution in [2.24, 2.45) is 5.92 Å². The highest BCUT2D eigenvalue weighted by molar-refractivity contribution is 7.87. The van der Waals surface area contributed by atoms with E-state index in [-0.39, 0.29) is 0 Å². The lowest BCUT2D eigenvalue weighted by Crippen LogP contribution is -2.45. The van der Waals surface area contributed by atoms with Crippen LogP contribution in [0, 0.1) is 5.92 Å². The standard InChI is InChI=1S/C11H23N3O2S/c1-9(2)7-12-17(15,16)14-6-5-10-3-4-11(8-14)13-10/h9-13H,3-8H2,1-2H3. The van der Waals surface area contributed by atoms with Crippen molar-refractivity contribution >= 4 is 10.2 Å². The summed E-state index contributed by atoms with van der Waals surface area (Å²) in [5, 5.41) is 3.49. The van der Waals surface area contributed by atoms with Gasteiger partial charge in [-0.1, -0.05) is 13.8 Å². The molecule has 0 amide bonds. The molecule has 100 valence electrons. The zero-order valence-electron chi connectivity index (χ0n) is 10.6. The number of rotatable bonds is 4. The van der Waals surface area contributed by atoms with Gasteiger partial charge >= 0.3 is 0 Å². The van der Waals surface area contributed by atoms with Gasteiger partial charge in [0.15, 0.2) is 0 Å². The average molecular weight is 261 g/mol. The van der Waals surface area contributed by atoms with Crippen LogP contribution < -0.4 is 10.0 Å².